The fourth-order valence-electron chi connectivity index (χ4n) is 2.87. The highest BCUT2D eigenvalue weighted by Gasteiger charge is 2.22. The van der Waals surface area contributed by atoms with Crippen LogP contribution in [0.3, 0.4) is 0 Å². The van der Waals surface area contributed by atoms with Gasteiger partial charge in [-0.15, -0.1) is 12.4 Å². The maximum atomic E-state index is 12.4. The number of halogens is 1. The van der Waals surface area contributed by atoms with E-state index in [9.17, 15) is 4.79 Å². The molecule has 1 amide bonds. The van der Waals surface area contributed by atoms with Crippen LogP contribution >= 0.6 is 12.4 Å². The van der Waals surface area contributed by atoms with E-state index in [4.69, 9.17) is 0 Å². The summed E-state index contributed by atoms with van der Waals surface area (Å²) >= 11 is 0. The standard InChI is InChI=1S/C16H24N2O.ClH/c1-11-6-4-7-12(2)15(11)16(19)18-13(3)14-8-5-9-17-10-14;/h4,6-7,13-14,17H,5,8-10H2,1-3H3,(H,18,19);1H. The molecule has 0 aliphatic carbocycles. The number of amides is 1. The molecular formula is C16H25ClN2O. The molecule has 2 rings (SSSR count). The Morgan fingerprint density at radius 2 is 2.00 bits per heavy atom. The quantitative estimate of drug-likeness (QED) is 0.900. The van der Waals surface area contributed by atoms with Crippen LogP contribution in [0.15, 0.2) is 18.2 Å². The van der Waals surface area contributed by atoms with Gasteiger partial charge in [0.05, 0.1) is 0 Å². The maximum Gasteiger partial charge on any atom is 0.252 e. The SMILES string of the molecule is Cc1cccc(C)c1C(=O)NC(C)C1CCCNC1.Cl. The van der Waals surface area contributed by atoms with Crippen LogP contribution in [0.2, 0.25) is 0 Å². The van der Waals surface area contributed by atoms with Crippen molar-refractivity contribution >= 4 is 18.3 Å². The number of rotatable bonds is 3. The van der Waals surface area contributed by atoms with Gasteiger partial charge in [-0.3, -0.25) is 4.79 Å². The largest absolute Gasteiger partial charge is 0.349 e. The summed E-state index contributed by atoms with van der Waals surface area (Å²) in [6, 6.07) is 6.21. The van der Waals surface area contributed by atoms with Gasteiger partial charge in [0.25, 0.3) is 5.91 Å². The molecule has 4 heteroatoms. The van der Waals surface area contributed by atoms with E-state index >= 15 is 0 Å². The van der Waals surface area contributed by atoms with Gasteiger partial charge >= 0.3 is 0 Å². The minimum absolute atomic E-state index is 0. The van der Waals surface area contributed by atoms with Crippen LogP contribution < -0.4 is 10.6 Å². The number of nitrogens with one attached hydrogen (secondary N) is 2. The molecule has 1 heterocycles. The van der Waals surface area contributed by atoms with Crippen molar-refractivity contribution in [2.24, 2.45) is 5.92 Å². The van der Waals surface area contributed by atoms with Gasteiger partial charge in [0, 0.05) is 11.6 Å². The Hall–Kier alpha value is -1.06. The van der Waals surface area contributed by atoms with E-state index in [1.54, 1.807) is 0 Å². The van der Waals surface area contributed by atoms with E-state index in [0.717, 1.165) is 29.8 Å². The molecule has 2 atom stereocenters. The first-order valence-corrected chi connectivity index (χ1v) is 7.17. The zero-order valence-corrected chi connectivity index (χ0v) is 13.3. The number of hydrogen-bond donors (Lipinski definition) is 2. The lowest BCUT2D eigenvalue weighted by Gasteiger charge is -2.29. The first-order valence-electron chi connectivity index (χ1n) is 7.17. The van der Waals surface area contributed by atoms with E-state index in [1.165, 1.54) is 12.8 Å². The van der Waals surface area contributed by atoms with Gasteiger partial charge < -0.3 is 10.6 Å². The molecule has 0 bridgehead atoms. The number of aryl methyl sites for hydroxylation is 2. The summed E-state index contributed by atoms with van der Waals surface area (Å²) in [5.41, 5.74) is 2.93. The smallest absolute Gasteiger partial charge is 0.252 e. The molecule has 0 saturated carbocycles. The Morgan fingerprint density at radius 1 is 1.35 bits per heavy atom. The van der Waals surface area contributed by atoms with Crippen molar-refractivity contribution in [2.45, 2.75) is 39.7 Å². The molecule has 0 radical (unpaired) electrons. The summed E-state index contributed by atoms with van der Waals surface area (Å²) < 4.78 is 0. The summed E-state index contributed by atoms with van der Waals surface area (Å²) in [6.45, 7) is 8.22. The van der Waals surface area contributed by atoms with Gasteiger partial charge in [-0.25, -0.2) is 0 Å². The Labute approximate surface area is 127 Å². The molecule has 0 spiro atoms. The maximum absolute atomic E-state index is 12.4. The highest BCUT2D eigenvalue weighted by atomic mass is 35.5. The zero-order valence-electron chi connectivity index (χ0n) is 12.5. The third-order valence-corrected chi connectivity index (χ3v) is 4.11. The Bertz CT molecular complexity index is 436. The highest BCUT2D eigenvalue weighted by Crippen LogP contribution is 2.17. The Morgan fingerprint density at radius 3 is 2.55 bits per heavy atom. The number of piperidine rings is 1. The summed E-state index contributed by atoms with van der Waals surface area (Å²) in [4.78, 5) is 12.4. The second-order valence-electron chi connectivity index (χ2n) is 5.64. The molecule has 20 heavy (non-hydrogen) atoms. The third kappa shape index (κ3) is 3.97. The second kappa shape index (κ2) is 7.65. The van der Waals surface area contributed by atoms with Crippen LogP contribution in [0.4, 0.5) is 0 Å². The van der Waals surface area contributed by atoms with Gasteiger partial charge in [0.15, 0.2) is 0 Å². The summed E-state index contributed by atoms with van der Waals surface area (Å²) in [5.74, 6) is 0.607. The van der Waals surface area contributed by atoms with Crippen molar-refractivity contribution in [3.63, 3.8) is 0 Å². The van der Waals surface area contributed by atoms with E-state index in [2.05, 4.69) is 17.6 Å². The molecule has 2 unspecified atom stereocenters. The van der Waals surface area contributed by atoms with E-state index < -0.39 is 0 Å². The van der Waals surface area contributed by atoms with E-state index in [0.29, 0.717) is 5.92 Å². The number of benzene rings is 1. The molecule has 1 saturated heterocycles. The minimum Gasteiger partial charge on any atom is -0.349 e. The summed E-state index contributed by atoms with van der Waals surface area (Å²) in [7, 11) is 0. The molecule has 2 N–H and O–H groups in total. The topological polar surface area (TPSA) is 41.1 Å². The number of carbonyl (C=O) groups excluding carboxylic acids is 1. The highest BCUT2D eigenvalue weighted by molar-refractivity contribution is 5.97. The Balaban J connectivity index is 0.00000200. The van der Waals surface area contributed by atoms with Gasteiger partial charge in [-0.1, -0.05) is 18.2 Å². The molecule has 3 nitrogen and oxygen atoms in total. The molecular weight excluding hydrogens is 272 g/mol. The normalized spacial score (nSPS) is 19.9. The minimum atomic E-state index is 0. The molecule has 1 aliphatic rings. The van der Waals surface area contributed by atoms with Gasteiger partial charge in [0.1, 0.15) is 0 Å². The van der Waals surface area contributed by atoms with Gasteiger partial charge in [-0.05, 0) is 63.7 Å². The van der Waals surface area contributed by atoms with Crippen molar-refractivity contribution in [1.29, 1.82) is 0 Å². The molecule has 1 aromatic carbocycles. The van der Waals surface area contributed by atoms with Gasteiger partial charge in [0.2, 0.25) is 0 Å². The van der Waals surface area contributed by atoms with Crippen LogP contribution in [0.1, 0.15) is 41.3 Å². The number of carbonyl (C=O) groups is 1. The zero-order chi connectivity index (χ0) is 13.8. The molecule has 1 aliphatic heterocycles. The first-order chi connectivity index (χ1) is 9.09. The third-order valence-electron chi connectivity index (χ3n) is 4.11. The monoisotopic (exact) mass is 296 g/mol. The molecule has 112 valence electrons. The lowest BCUT2D eigenvalue weighted by Crippen LogP contribution is -2.44. The van der Waals surface area contributed by atoms with Crippen LogP contribution in [0.5, 0.6) is 0 Å². The number of hydrogen-bond acceptors (Lipinski definition) is 2. The average molecular weight is 297 g/mol. The van der Waals surface area contributed by atoms with Crippen LogP contribution in [-0.4, -0.2) is 25.0 Å². The molecule has 1 fully saturated rings. The molecule has 1 aromatic rings. The van der Waals surface area contributed by atoms with Crippen molar-refractivity contribution in [3.05, 3.63) is 34.9 Å². The fourth-order valence-corrected chi connectivity index (χ4v) is 2.87. The van der Waals surface area contributed by atoms with Crippen LogP contribution in [0, 0.1) is 19.8 Å². The van der Waals surface area contributed by atoms with Crippen molar-refractivity contribution in [1.82, 2.24) is 10.6 Å². The first kappa shape index (κ1) is 17.0. The lowest BCUT2D eigenvalue weighted by molar-refractivity contribution is 0.0920. The molecule has 0 aromatic heterocycles. The van der Waals surface area contributed by atoms with Crippen molar-refractivity contribution in [3.8, 4) is 0 Å². The fraction of sp³-hybridized carbons (Fsp3) is 0.562. The summed E-state index contributed by atoms with van der Waals surface area (Å²) in [6.07, 6.45) is 2.40. The van der Waals surface area contributed by atoms with Crippen molar-refractivity contribution < 1.29 is 4.79 Å². The Kier molecular flexibility index (Phi) is 6.50. The van der Waals surface area contributed by atoms with Crippen molar-refractivity contribution in [2.75, 3.05) is 13.1 Å². The predicted molar refractivity (Wildman–Crippen MR) is 85.7 cm³/mol. The van der Waals surface area contributed by atoms with E-state index in [1.807, 2.05) is 32.0 Å². The van der Waals surface area contributed by atoms with Gasteiger partial charge in [-0.2, -0.15) is 0 Å². The lowest BCUT2D eigenvalue weighted by atomic mass is 9.92. The van der Waals surface area contributed by atoms with Crippen LogP contribution in [-0.2, 0) is 0 Å². The van der Waals surface area contributed by atoms with E-state index in [-0.39, 0.29) is 24.4 Å². The summed E-state index contributed by atoms with van der Waals surface area (Å²) in [5, 5.41) is 6.57. The predicted octanol–water partition coefficient (Wildman–Crippen LogP) is 2.84. The average Bonchev–Trinajstić information content (AvgIpc) is 2.39. The van der Waals surface area contributed by atoms with Crippen LogP contribution in [0.25, 0.3) is 0 Å². The second-order valence-corrected chi connectivity index (χ2v) is 5.64.